The lowest BCUT2D eigenvalue weighted by Gasteiger charge is -2.12. The normalized spacial score (nSPS) is 11.7. The van der Waals surface area contributed by atoms with Crippen LogP contribution in [0.1, 0.15) is 16.1 Å². The number of carbonyl (C=O) groups excluding carboxylic acids is 1. The van der Waals surface area contributed by atoms with Crippen LogP contribution in [0, 0.1) is 0 Å². The van der Waals surface area contributed by atoms with Crippen molar-refractivity contribution >= 4 is 16.9 Å². The van der Waals surface area contributed by atoms with Crippen LogP contribution < -0.4 is 5.43 Å². The second-order valence-electron chi connectivity index (χ2n) is 4.17. The molecule has 0 saturated carbocycles. The van der Waals surface area contributed by atoms with Crippen molar-refractivity contribution in [1.29, 1.82) is 0 Å². The van der Waals surface area contributed by atoms with E-state index in [1.165, 1.54) is 11.6 Å². The number of halogens is 3. The number of aromatic nitrogens is 1. The molecule has 0 saturated heterocycles. The van der Waals surface area contributed by atoms with Crippen molar-refractivity contribution in [2.45, 2.75) is 6.18 Å². The molecular formula is C13H10F3NO3. The van der Waals surface area contributed by atoms with Crippen molar-refractivity contribution in [1.82, 2.24) is 4.57 Å². The molecule has 0 amide bonds. The lowest BCUT2D eigenvalue weighted by molar-refractivity contribution is -0.137. The Hall–Kier alpha value is -2.31. The number of alkyl halides is 3. The lowest BCUT2D eigenvalue weighted by Crippen LogP contribution is -2.17. The van der Waals surface area contributed by atoms with E-state index in [2.05, 4.69) is 4.74 Å². The first-order valence-electron chi connectivity index (χ1n) is 5.55. The van der Waals surface area contributed by atoms with Crippen LogP contribution in [-0.4, -0.2) is 17.6 Å². The highest BCUT2D eigenvalue weighted by atomic mass is 19.4. The van der Waals surface area contributed by atoms with Crippen LogP contribution in [0.2, 0.25) is 0 Å². The standard InChI is InChI=1S/C13H10F3NO3/c1-17-9-4-3-7(13(14,15)16)5-8(9)11(18)6-10(17)12(19)20-2/h3-6H,1-2H3. The van der Waals surface area contributed by atoms with E-state index >= 15 is 0 Å². The van der Waals surface area contributed by atoms with Crippen molar-refractivity contribution < 1.29 is 22.7 Å². The molecule has 1 aromatic heterocycles. The number of benzene rings is 1. The third-order valence-electron chi connectivity index (χ3n) is 2.97. The Balaban J connectivity index is 2.79. The van der Waals surface area contributed by atoms with Crippen LogP contribution in [0.3, 0.4) is 0 Å². The fourth-order valence-corrected chi connectivity index (χ4v) is 1.93. The van der Waals surface area contributed by atoms with Gasteiger partial charge in [0.1, 0.15) is 5.69 Å². The minimum atomic E-state index is -4.53. The van der Waals surface area contributed by atoms with Gasteiger partial charge in [0.2, 0.25) is 0 Å². The molecule has 20 heavy (non-hydrogen) atoms. The zero-order valence-electron chi connectivity index (χ0n) is 10.6. The van der Waals surface area contributed by atoms with Crippen LogP contribution in [0.5, 0.6) is 0 Å². The highest BCUT2D eigenvalue weighted by Gasteiger charge is 2.31. The fraction of sp³-hybridized carbons (Fsp3) is 0.231. The molecule has 0 atom stereocenters. The Bertz CT molecular complexity index is 747. The van der Waals surface area contributed by atoms with Crippen molar-refractivity contribution in [3.63, 3.8) is 0 Å². The lowest BCUT2D eigenvalue weighted by atomic mass is 10.1. The number of rotatable bonds is 1. The Morgan fingerprint density at radius 2 is 1.90 bits per heavy atom. The maximum absolute atomic E-state index is 12.6. The molecule has 2 aromatic rings. The van der Waals surface area contributed by atoms with E-state index in [0.717, 1.165) is 31.4 Å². The number of hydrogen-bond donors (Lipinski definition) is 0. The quantitative estimate of drug-likeness (QED) is 0.756. The molecule has 2 rings (SSSR count). The van der Waals surface area contributed by atoms with Crippen LogP contribution >= 0.6 is 0 Å². The Kier molecular flexibility index (Phi) is 3.29. The van der Waals surface area contributed by atoms with Gasteiger partial charge in [0.05, 0.1) is 18.2 Å². The van der Waals surface area contributed by atoms with E-state index in [0.29, 0.717) is 0 Å². The third kappa shape index (κ3) is 2.26. The molecule has 0 fully saturated rings. The Morgan fingerprint density at radius 3 is 2.45 bits per heavy atom. The predicted octanol–water partition coefficient (Wildman–Crippen LogP) is 2.34. The fourth-order valence-electron chi connectivity index (χ4n) is 1.93. The summed E-state index contributed by atoms with van der Waals surface area (Å²) in [5, 5.41) is -0.102. The van der Waals surface area contributed by atoms with Crippen LogP contribution in [0.25, 0.3) is 10.9 Å². The monoisotopic (exact) mass is 285 g/mol. The minimum absolute atomic E-state index is 0.0234. The molecule has 1 aromatic carbocycles. The van der Waals surface area contributed by atoms with Crippen molar-refractivity contribution in [3.05, 3.63) is 45.7 Å². The van der Waals surface area contributed by atoms with Crippen LogP contribution in [-0.2, 0) is 18.0 Å². The Morgan fingerprint density at radius 1 is 1.25 bits per heavy atom. The van der Waals surface area contributed by atoms with E-state index in [1.807, 2.05) is 0 Å². The zero-order chi connectivity index (χ0) is 15.1. The van der Waals surface area contributed by atoms with E-state index < -0.39 is 23.1 Å². The molecule has 4 nitrogen and oxygen atoms in total. The zero-order valence-corrected chi connectivity index (χ0v) is 10.6. The summed E-state index contributed by atoms with van der Waals surface area (Å²) >= 11 is 0. The molecule has 0 aliphatic carbocycles. The van der Waals surface area contributed by atoms with Gasteiger partial charge in [-0.3, -0.25) is 4.79 Å². The number of ether oxygens (including phenoxy) is 1. The Labute approximate surface area is 111 Å². The number of nitrogens with zero attached hydrogens (tertiary/aromatic N) is 1. The largest absolute Gasteiger partial charge is 0.464 e. The molecule has 1 heterocycles. The average Bonchev–Trinajstić information content (AvgIpc) is 2.40. The second kappa shape index (κ2) is 4.66. The molecule has 0 N–H and O–H groups in total. The molecule has 106 valence electrons. The number of pyridine rings is 1. The number of aryl methyl sites for hydroxylation is 1. The number of methoxy groups -OCH3 is 1. The van der Waals surface area contributed by atoms with Crippen LogP contribution in [0.15, 0.2) is 29.1 Å². The smallest absolute Gasteiger partial charge is 0.416 e. The van der Waals surface area contributed by atoms with Crippen molar-refractivity contribution in [2.75, 3.05) is 7.11 Å². The molecule has 0 aliphatic rings. The van der Waals surface area contributed by atoms with Gasteiger partial charge in [0, 0.05) is 18.5 Å². The molecule has 0 spiro atoms. The average molecular weight is 285 g/mol. The third-order valence-corrected chi connectivity index (χ3v) is 2.97. The molecule has 0 unspecified atom stereocenters. The number of carbonyl (C=O) groups is 1. The van der Waals surface area contributed by atoms with Gasteiger partial charge >= 0.3 is 12.1 Å². The summed E-state index contributed by atoms with van der Waals surface area (Å²) in [5.74, 6) is -0.730. The first-order valence-corrected chi connectivity index (χ1v) is 5.55. The first-order chi connectivity index (χ1) is 9.25. The summed E-state index contributed by atoms with van der Waals surface area (Å²) in [4.78, 5) is 23.4. The highest BCUT2D eigenvalue weighted by Crippen LogP contribution is 2.30. The molecule has 0 radical (unpaired) electrons. The van der Waals surface area contributed by atoms with E-state index in [4.69, 9.17) is 0 Å². The van der Waals surface area contributed by atoms with Gasteiger partial charge in [0.15, 0.2) is 5.43 Å². The topological polar surface area (TPSA) is 48.3 Å². The van der Waals surface area contributed by atoms with Gasteiger partial charge < -0.3 is 9.30 Å². The van der Waals surface area contributed by atoms with E-state index in [9.17, 15) is 22.8 Å². The molecule has 0 aliphatic heterocycles. The minimum Gasteiger partial charge on any atom is -0.464 e. The van der Waals surface area contributed by atoms with Crippen molar-refractivity contribution in [2.24, 2.45) is 7.05 Å². The number of fused-ring (bicyclic) bond motifs is 1. The van der Waals surface area contributed by atoms with Gasteiger partial charge in [0.25, 0.3) is 0 Å². The first kappa shape index (κ1) is 14.1. The van der Waals surface area contributed by atoms with Gasteiger partial charge in [-0.15, -0.1) is 0 Å². The SMILES string of the molecule is COC(=O)c1cc(=O)c2cc(C(F)(F)F)ccc2n1C. The van der Waals surface area contributed by atoms with Gasteiger partial charge in [-0.25, -0.2) is 4.79 Å². The summed E-state index contributed by atoms with van der Waals surface area (Å²) in [6.45, 7) is 0. The van der Waals surface area contributed by atoms with Gasteiger partial charge in [-0.2, -0.15) is 13.2 Å². The predicted molar refractivity (Wildman–Crippen MR) is 65.5 cm³/mol. The van der Waals surface area contributed by atoms with Gasteiger partial charge in [-0.05, 0) is 18.2 Å². The summed E-state index contributed by atoms with van der Waals surface area (Å²) in [6, 6.07) is 3.77. The van der Waals surface area contributed by atoms with Gasteiger partial charge in [-0.1, -0.05) is 0 Å². The summed E-state index contributed by atoms with van der Waals surface area (Å²) in [5.41, 5.74) is -1.37. The van der Waals surface area contributed by atoms with E-state index in [-0.39, 0.29) is 16.6 Å². The molecular weight excluding hydrogens is 275 g/mol. The molecule has 0 bridgehead atoms. The van der Waals surface area contributed by atoms with Crippen molar-refractivity contribution in [3.8, 4) is 0 Å². The summed E-state index contributed by atoms with van der Waals surface area (Å²) in [6.07, 6.45) is -4.53. The number of esters is 1. The maximum atomic E-state index is 12.6. The summed E-state index contributed by atoms with van der Waals surface area (Å²) < 4.78 is 43.7. The number of hydrogen-bond acceptors (Lipinski definition) is 3. The maximum Gasteiger partial charge on any atom is 0.416 e. The highest BCUT2D eigenvalue weighted by molar-refractivity contribution is 5.91. The van der Waals surface area contributed by atoms with Crippen LogP contribution in [0.4, 0.5) is 13.2 Å². The molecule has 7 heteroatoms. The van der Waals surface area contributed by atoms with E-state index in [1.54, 1.807) is 0 Å². The second-order valence-corrected chi connectivity index (χ2v) is 4.17. The summed E-state index contributed by atoms with van der Waals surface area (Å²) in [7, 11) is 2.63.